The van der Waals surface area contributed by atoms with E-state index in [9.17, 15) is 4.79 Å². The molecule has 0 unspecified atom stereocenters. The highest BCUT2D eigenvalue weighted by Crippen LogP contribution is 2.31. The summed E-state index contributed by atoms with van der Waals surface area (Å²) in [5.74, 6) is 1.15. The Labute approximate surface area is 168 Å². The molecule has 1 aromatic carbocycles. The smallest absolute Gasteiger partial charge is 0.234 e. The van der Waals surface area contributed by atoms with Crippen LogP contribution < -0.4 is 5.32 Å². The van der Waals surface area contributed by atoms with Crippen molar-refractivity contribution < 1.29 is 4.79 Å². The van der Waals surface area contributed by atoms with E-state index in [1.165, 1.54) is 22.2 Å². The second-order valence-electron chi connectivity index (χ2n) is 6.23. The summed E-state index contributed by atoms with van der Waals surface area (Å²) >= 11 is 3.15. The number of rotatable bonds is 7. The number of amides is 1. The number of nitrogens with one attached hydrogen (secondary N) is 1. The Kier molecular flexibility index (Phi) is 6.34. The normalized spacial score (nSPS) is 11.0. The predicted molar refractivity (Wildman–Crippen MR) is 114 cm³/mol. The van der Waals surface area contributed by atoms with E-state index in [2.05, 4.69) is 53.2 Å². The number of hydrogen-bond acceptors (Lipinski definition) is 5. The van der Waals surface area contributed by atoms with Crippen molar-refractivity contribution in [3.05, 3.63) is 45.6 Å². The minimum absolute atomic E-state index is 0.0318. The molecule has 0 saturated carbocycles. The first-order valence-electron chi connectivity index (χ1n) is 9.03. The lowest BCUT2D eigenvalue weighted by Crippen LogP contribution is -2.15. The molecule has 0 atom stereocenters. The van der Waals surface area contributed by atoms with Gasteiger partial charge in [0.05, 0.1) is 5.75 Å². The van der Waals surface area contributed by atoms with Crippen molar-refractivity contribution in [1.82, 2.24) is 14.8 Å². The Hall–Kier alpha value is -2.12. The molecule has 0 aliphatic heterocycles. The molecule has 0 aliphatic carbocycles. The van der Waals surface area contributed by atoms with Gasteiger partial charge in [-0.2, -0.15) is 0 Å². The van der Waals surface area contributed by atoms with Gasteiger partial charge in [-0.3, -0.25) is 4.79 Å². The number of carbonyl (C=O) groups excluding carboxylic acids is 1. The second kappa shape index (κ2) is 8.71. The van der Waals surface area contributed by atoms with Gasteiger partial charge in [0.25, 0.3) is 0 Å². The highest BCUT2D eigenvalue weighted by atomic mass is 32.2. The average molecular weight is 401 g/mol. The fourth-order valence-electron chi connectivity index (χ4n) is 2.88. The molecule has 7 heteroatoms. The number of anilines is 1. The third kappa shape index (κ3) is 4.25. The van der Waals surface area contributed by atoms with Crippen molar-refractivity contribution in [1.29, 1.82) is 0 Å². The lowest BCUT2D eigenvalue weighted by molar-refractivity contribution is -0.113. The van der Waals surface area contributed by atoms with Crippen LogP contribution in [0, 0.1) is 13.8 Å². The van der Waals surface area contributed by atoms with E-state index in [0.29, 0.717) is 5.75 Å². The van der Waals surface area contributed by atoms with Crippen LogP contribution in [0.4, 0.5) is 5.69 Å². The van der Waals surface area contributed by atoms with Gasteiger partial charge in [-0.05, 0) is 44.4 Å². The number of benzene rings is 1. The van der Waals surface area contributed by atoms with Gasteiger partial charge in [-0.15, -0.1) is 21.5 Å². The van der Waals surface area contributed by atoms with Crippen molar-refractivity contribution in [3.63, 3.8) is 0 Å². The maximum absolute atomic E-state index is 12.4. The van der Waals surface area contributed by atoms with Crippen LogP contribution in [-0.4, -0.2) is 26.4 Å². The first-order chi connectivity index (χ1) is 13.0. The van der Waals surface area contributed by atoms with Crippen LogP contribution in [0.2, 0.25) is 0 Å². The van der Waals surface area contributed by atoms with Gasteiger partial charge in [-0.25, -0.2) is 0 Å². The monoisotopic (exact) mass is 400 g/mol. The molecular formula is C20H24N4OS2. The van der Waals surface area contributed by atoms with Gasteiger partial charge in [0.15, 0.2) is 11.0 Å². The van der Waals surface area contributed by atoms with Gasteiger partial charge < -0.3 is 9.88 Å². The van der Waals surface area contributed by atoms with Crippen LogP contribution in [0.5, 0.6) is 0 Å². The molecule has 5 nitrogen and oxygen atoms in total. The Morgan fingerprint density at radius 2 is 2.00 bits per heavy atom. The summed E-state index contributed by atoms with van der Waals surface area (Å²) in [4.78, 5) is 13.7. The van der Waals surface area contributed by atoms with Gasteiger partial charge in [0, 0.05) is 28.1 Å². The summed E-state index contributed by atoms with van der Waals surface area (Å²) in [6.07, 6.45) is 0.885. The third-order valence-electron chi connectivity index (χ3n) is 4.56. The predicted octanol–water partition coefficient (Wildman–Crippen LogP) is 4.94. The number of carbonyl (C=O) groups is 1. The number of thiophene rings is 1. The van der Waals surface area contributed by atoms with Gasteiger partial charge in [0.2, 0.25) is 5.91 Å². The molecule has 142 valence electrons. The standard InChI is InChI=1S/C20H24N4OS2/c1-5-15-9-7-8-10-17(15)21-18(25)12-27-20-23-22-19(24(20)6-2)16-11-26-14(4)13(16)3/h7-11H,5-6,12H2,1-4H3,(H,21,25). The number of nitrogens with zero attached hydrogens (tertiary/aromatic N) is 3. The molecule has 27 heavy (non-hydrogen) atoms. The number of aromatic nitrogens is 3. The summed E-state index contributed by atoms with van der Waals surface area (Å²) in [5.41, 5.74) is 4.39. The van der Waals surface area contributed by atoms with Crippen LogP contribution in [0.1, 0.15) is 29.9 Å². The largest absolute Gasteiger partial charge is 0.325 e. The Morgan fingerprint density at radius 1 is 1.22 bits per heavy atom. The second-order valence-corrected chi connectivity index (χ2v) is 8.25. The molecule has 1 amide bonds. The van der Waals surface area contributed by atoms with E-state index < -0.39 is 0 Å². The minimum atomic E-state index is -0.0318. The highest BCUT2D eigenvalue weighted by molar-refractivity contribution is 7.99. The van der Waals surface area contributed by atoms with Crippen molar-refractivity contribution in [3.8, 4) is 11.4 Å². The van der Waals surface area contributed by atoms with E-state index in [1.54, 1.807) is 11.3 Å². The lowest BCUT2D eigenvalue weighted by atomic mass is 10.1. The molecule has 0 bridgehead atoms. The molecule has 0 spiro atoms. The molecular weight excluding hydrogens is 376 g/mol. The van der Waals surface area contributed by atoms with Crippen LogP contribution >= 0.6 is 23.1 Å². The first-order valence-corrected chi connectivity index (χ1v) is 10.9. The maximum atomic E-state index is 12.4. The molecule has 0 fully saturated rings. The van der Waals surface area contributed by atoms with Gasteiger partial charge >= 0.3 is 0 Å². The van der Waals surface area contributed by atoms with Gasteiger partial charge in [-0.1, -0.05) is 36.9 Å². The topological polar surface area (TPSA) is 59.8 Å². The summed E-state index contributed by atoms with van der Waals surface area (Å²) in [6, 6.07) is 7.90. The van der Waals surface area contributed by atoms with Crippen LogP contribution in [0.25, 0.3) is 11.4 Å². The summed E-state index contributed by atoms with van der Waals surface area (Å²) < 4.78 is 2.08. The zero-order valence-electron chi connectivity index (χ0n) is 16.1. The number of hydrogen-bond donors (Lipinski definition) is 1. The Balaban J connectivity index is 1.71. The fourth-order valence-corrected chi connectivity index (χ4v) is 4.55. The van der Waals surface area contributed by atoms with Crippen molar-refractivity contribution in [2.45, 2.75) is 45.8 Å². The van der Waals surface area contributed by atoms with Crippen molar-refractivity contribution >= 4 is 34.7 Å². The maximum Gasteiger partial charge on any atom is 0.234 e. The minimum Gasteiger partial charge on any atom is -0.325 e. The van der Waals surface area contributed by atoms with E-state index in [0.717, 1.165) is 40.8 Å². The Bertz CT molecular complexity index is 945. The SMILES string of the molecule is CCc1ccccc1NC(=O)CSc1nnc(-c2csc(C)c2C)n1CC. The summed E-state index contributed by atoms with van der Waals surface area (Å²) in [6.45, 7) is 9.15. The van der Waals surface area contributed by atoms with Crippen LogP contribution in [0.3, 0.4) is 0 Å². The van der Waals surface area contributed by atoms with Crippen molar-refractivity contribution in [2.75, 3.05) is 11.1 Å². The quantitative estimate of drug-likeness (QED) is 0.571. The number of aryl methyl sites for hydroxylation is 2. The highest BCUT2D eigenvalue weighted by Gasteiger charge is 2.17. The fraction of sp³-hybridized carbons (Fsp3) is 0.350. The number of thioether (sulfide) groups is 1. The van der Waals surface area contributed by atoms with E-state index in [1.807, 2.05) is 24.3 Å². The molecule has 2 heterocycles. The van der Waals surface area contributed by atoms with E-state index in [-0.39, 0.29) is 5.91 Å². The number of para-hydroxylation sites is 1. The molecule has 0 saturated heterocycles. The molecule has 3 aromatic rings. The van der Waals surface area contributed by atoms with Gasteiger partial charge in [0.1, 0.15) is 0 Å². The molecule has 0 aliphatic rings. The summed E-state index contributed by atoms with van der Waals surface area (Å²) in [7, 11) is 0. The summed E-state index contributed by atoms with van der Waals surface area (Å²) in [5, 5.41) is 14.6. The van der Waals surface area contributed by atoms with E-state index in [4.69, 9.17) is 0 Å². The zero-order chi connectivity index (χ0) is 19.4. The molecule has 2 aromatic heterocycles. The van der Waals surface area contributed by atoms with Crippen molar-refractivity contribution in [2.24, 2.45) is 0 Å². The molecule has 0 radical (unpaired) electrons. The molecule has 1 N–H and O–H groups in total. The first kappa shape index (κ1) is 19.6. The Morgan fingerprint density at radius 3 is 2.67 bits per heavy atom. The lowest BCUT2D eigenvalue weighted by Gasteiger charge is -2.10. The average Bonchev–Trinajstić information content (AvgIpc) is 3.23. The zero-order valence-corrected chi connectivity index (χ0v) is 17.7. The molecule has 3 rings (SSSR count). The van der Waals surface area contributed by atoms with Crippen LogP contribution in [0.15, 0.2) is 34.8 Å². The third-order valence-corrected chi connectivity index (χ3v) is 6.54. The van der Waals surface area contributed by atoms with Crippen LogP contribution in [-0.2, 0) is 17.8 Å². The van der Waals surface area contributed by atoms with E-state index >= 15 is 0 Å².